The Hall–Kier alpha value is -1.38. The van der Waals surface area contributed by atoms with Crippen molar-refractivity contribution >= 4 is 11.6 Å². The van der Waals surface area contributed by atoms with Crippen LogP contribution in [0.5, 0.6) is 0 Å². The number of benzene rings is 2. The minimum Gasteiger partial charge on any atom is -0.384 e. The van der Waals surface area contributed by atoms with E-state index >= 15 is 0 Å². The lowest BCUT2D eigenvalue weighted by Crippen LogP contribution is -2.02. The predicted octanol–water partition coefficient (Wildman–Crippen LogP) is 4.18. The van der Waals surface area contributed by atoms with E-state index in [0.29, 0.717) is 5.56 Å². The van der Waals surface area contributed by atoms with E-state index in [0.717, 1.165) is 16.7 Å². The van der Waals surface area contributed by atoms with Crippen molar-refractivity contribution < 1.29 is 9.50 Å². The average Bonchev–Trinajstić information content (AvgIpc) is 2.32. The summed E-state index contributed by atoms with van der Waals surface area (Å²) in [5.41, 5.74) is 3.54. The van der Waals surface area contributed by atoms with Crippen LogP contribution in [0.1, 0.15) is 28.4 Å². The number of aliphatic hydroxyl groups is 1. The van der Waals surface area contributed by atoms with Gasteiger partial charge in [0.15, 0.2) is 0 Å². The second kappa shape index (κ2) is 5.09. The van der Waals surface area contributed by atoms with Crippen LogP contribution >= 0.6 is 11.6 Å². The van der Waals surface area contributed by atoms with E-state index in [1.165, 1.54) is 12.1 Å². The summed E-state index contributed by atoms with van der Waals surface area (Å²) in [6.45, 7) is 3.94. The first-order valence-electron chi connectivity index (χ1n) is 5.69. The molecule has 18 heavy (non-hydrogen) atoms. The minimum atomic E-state index is -0.788. The van der Waals surface area contributed by atoms with E-state index < -0.39 is 11.9 Å². The van der Waals surface area contributed by atoms with Crippen molar-refractivity contribution in [1.29, 1.82) is 0 Å². The average molecular weight is 265 g/mol. The van der Waals surface area contributed by atoms with Gasteiger partial charge in [0.25, 0.3) is 0 Å². The molecule has 2 rings (SSSR count). The molecule has 0 amide bonds. The maximum atomic E-state index is 13.1. The van der Waals surface area contributed by atoms with Crippen LogP contribution in [0, 0.1) is 19.7 Å². The number of hydrogen-bond acceptors (Lipinski definition) is 1. The number of rotatable bonds is 2. The summed E-state index contributed by atoms with van der Waals surface area (Å²) in [6, 6.07) is 10.1. The molecule has 0 radical (unpaired) electrons. The van der Waals surface area contributed by atoms with Crippen molar-refractivity contribution in [2.75, 3.05) is 0 Å². The normalized spacial score (nSPS) is 12.5. The molecule has 2 aromatic rings. The fourth-order valence-electron chi connectivity index (χ4n) is 1.99. The third-order valence-corrected chi connectivity index (χ3v) is 3.27. The molecule has 0 saturated carbocycles. The Bertz CT molecular complexity index is 581. The summed E-state index contributed by atoms with van der Waals surface area (Å²) in [7, 11) is 0. The Kier molecular flexibility index (Phi) is 3.69. The lowest BCUT2D eigenvalue weighted by molar-refractivity contribution is 0.219. The molecule has 94 valence electrons. The molecule has 2 aromatic carbocycles. The van der Waals surface area contributed by atoms with E-state index in [9.17, 15) is 9.50 Å². The van der Waals surface area contributed by atoms with Crippen LogP contribution in [0.15, 0.2) is 36.4 Å². The second-order valence-electron chi connectivity index (χ2n) is 4.44. The lowest BCUT2D eigenvalue weighted by atomic mass is 9.96. The fourth-order valence-corrected chi connectivity index (χ4v) is 2.18. The number of hydrogen-bond donors (Lipinski definition) is 1. The van der Waals surface area contributed by atoms with Crippen LogP contribution < -0.4 is 0 Å². The summed E-state index contributed by atoms with van der Waals surface area (Å²) in [5, 5.41) is 10.3. The zero-order valence-electron chi connectivity index (χ0n) is 10.2. The first-order chi connectivity index (χ1) is 8.49. The van der Waals surface area contributed by atoms with Gasteiger partial charge < -0.3 is 5.11 Å². The third kappa shape index (κ3) is 2.55. The maximum absolute atomic E-state index is 13.1. The topological polar surface area (TPSA) is 20.2 Å². The molecule has 0 aromatic heterocycles. The SMILES string of the molecule is Cc1ccc(C(O)c2ccc(F)c(Cl)c2)c(C)c1. The van der Waals surface area contributed by atoms with Gasteiger partial charge in [-0.1, -0.05) is 41.4 Å². The highest BCUT2D eigenvalue weighted by Crippen LogP contribution is 2.28. The molecule has 0 aliphatic heterocycles. The fraction of sp³-hybridized carbons (Fsp3) is 0.200. The van der Waals surface area contributed by atoms with Crippen LogP contribution in [-0.4, -0.2) is 5.11 Å². The van der Waals surface area contributed by atoms with Gasteiger partial charge in [0.1, 0.15) is 11.9 Å². The van der Waals surface area contributed by atoms with Gasteiger partial charge >= 0.3 is 0 Å². The minimum absolute atomic E-state index is 0.0244. The summed E-state index contributed by atoms with van der Waals surface area (Å²) in [4.78, 5) is 0. The lowest BCUT2D eigenvalue weighted by Gasteiger charge is -2.15. The van der Waals surface area contributed by atoms with Crippen molar-refractivity contribution in [1.82, 2.24) is 0 Å². The van der Waals surface area contributed by atoms with Crippen LogP contribution in [-0.2, 0) is 0 Å². The molecule has 0 saturated heterocycles. The van der Waals surface area contributed by atoms with Gasteiger partial charge in [-0.25, -0.2) is 4.39 Å². The van der Waals surface area contributed by atoms with Gasteiger partial charge in [0, 0.05) is 0 Å². The van der Waals surface area contributed by atoms with Crippen LogP contribution in [0.3, 0.4) is 0 Å². The molecule has 0 bridgehead atoms. The molecule has 0 fully saturated rings. The smallest absolute Gasteiger partial charge is 0.141 e. The Morgan fingerprint density at radius 1 is 1.11 bits per heavy atom. The van der Waals surface area contributed by atoms with E-state index in [2.05, 4.69) is 0 Å². The summed E-state index contributed by atoms with van der Waals surface area (Å²) in [6.07, 6.45) is -0.788. The monoisotopic (exact) mass is 264 g/mol. The molecule has 1 unspecified atom stereocenters. The quantitative estimate of drug-likeness (QED) is 0.863. The molecule has 0 heterocycles. The van der Waals surface area contributed by atoms with Crippen molar-refractivity contribution in [2.24, 2.45) is 0 Å². The Morgan fingerprint density at radius 3 is 2.44 bits per heavy atom. The van der Waals surface area contributed by atoms with Crippen molar-refractivity contribution in [2.45, 2.75) is 20.0 Å². The molecule has 1 nitrogen and oxygen atoms in total. The van der Waals surface area contributed by atoms with Gasteiger partial charge in [-0.3, -0.25) is 0 Å². The molecule has 0 aliphatic carbocycles. The Morgan fingerprint density at radius 2 is 1.83 bits per heavy atom. The molecule has 1 atom stereocenters. The highest BCUT2D eigenvalue weighted by molar-refractivity contribution is 6.30. The number of halogens is 2. The summed E-state index contributed by atoms with van der Waals surface area (Å²) < 4.78 is 13.1. The first-order valence-corrected chi connectivity index (χ1v) is 6.07. The van der Waals surface area contributed by atoms with Gasteiger partial charge in [-0.2, -0.15) is 0 Å². The van der Waals surface area contributed by atoms with E-state index in [1.807, 2.05) is 32.0 Å². The van der Waals surface area contributed by atoms with Gasteiger partial charge in [-0.15, -0.1) is 0 Å². The number of aryl methyl sites for hydroxylation is 2. The molecule has 1 N–H and O–H groups in total. The van der Waals surface area contributed by atoms with Crippen molar-refractivity contribution in [3.8, 4) is 0 Å². The van der Waals surface area contributed by atoms with Gasteiger partial charge in [-0.05, 0) is 42.7 Å². The van der Waals surface area contributed by atoms with E-state index in [1.54, 1.807) is 6.07 Å². The van der Waals surface area contributed by atoms with Crippen molar-refractivity contribution in [3.05, 3.63) is 69.5 Å². The highest BCUT2D eigenvalue weighted by atomic mass is 35.5. The standard InChI is InChI=1S/C15H14ClFO/c1-9-3-5-12(10(2)7-9)15(18)11-4-6-14(17)13(16)8-11/h3-8,15,18H,1-2H3. The molecule has 3 heteroatoms. The van der Waals surface area contributed by atoms with Crippen LogP contribution in [0.4, 0.5) is 4.39 Å². The van der Waals surface area contributed by atoms with Gasteiger partial charge in [0.05, 0.1) is 5.02 Å². The van der Waals surface area contributed by atoms with Gasteiger partial charge in [0.2, 0.25) is 0 Å². The Balaban J connectivity index is 2.41. The van der Waals surface area contributed by atoms with Crippen LogP contribution in [0.25, 0.3) is 0 Å². The van der Waals surface area contributed by atoms with Crippen LogP contribution in [0.2, 0.25) is 5.02 Å². The summed E-state index contributed by atoms with van der Waals surface area (Å²) in [5.74, 6) is -0.478. The number of aliphatic hydroxyl groups excluding tert-OH is 1. The highest BCUT2D eigenvalue weighted by Gasteiger charge is 2.14. The van der Waals surface area contributed by atoms with E-state index in [-0.39, 0.29) is 5.02 Å². The zero-order valence-corrected chi connectivity index (χ0v) is 11.0. The largest absolute Gasteiger partial charge is 0.384 e. The Labute approximate surface area is 111 Å². The maximum Gasteiger partial charge on any atom is 0.141 e. The summed E-state index contributed by atoms with van der Waals surface area (Å²) >= 11 is 5.72. The second-order valence-corrected chi connectivity index (χ2v) is 4.84. The predicted molar refractivity (Wildman–Crippen MR) is 71.4 cm³/mol. The van der Waals surface area contributed by atoms with E-state index in [4.69, 9.17) is 11.6 Å². The molecule has 0 spiro atoms. The van der Waals surface area contributed by atoms with Crippen molar-refractivity contribution in [3.63, 3.8) is 0 Å². The first kappa shape index (κ1) is 13.1. The third-order valence-electron chi connectivity index (χ3n) is 2.98. The molecular weight excluding hydrogens is 251 g/mol. The molecule has 0 aliphatic rings. The zero-order chi connectivity index (χ0) is 13.3. The molecular formula is C15H14ClFO.